The van der Waals surface area contributed by atoms with E-state index in [9.17, 15) is 9.59 Å². The van der Waals surface area contributed by atoms with Gasteiger partial charge in [0.25, 0.3) is 0 Å². The van der Waals surface area contributed by atoms with Crippen molar-refractivity contribution >= 4 is 12.3 Å². The van der Waals surface area contributed by atoms with Crippen LogP contribution in [0.3, 0.4) is 0 Å². The van der Waals surface area contributed by atoms with Crippen LogP contribution in [0.1, 0.15) is 19.3 Å². The number of hydrogen-bond acceptors (Lipinski definition) is 5. The summed E-state index contributed by atoms with van der Waals surface area (Å²) in [5.41, 5.74) is 4.54. The summed E-state index contributed by atoms with van der Waals surface area (Å²) < 4.78 is 9.35. The molecule has 2 fully saturated rings. The second-order valence-corrected chi connectivity index (χ2v) is 4.39. The van der Waals surface area contributed by atoms with E-state index >= 15 is 0 Å². The predicted octanol–water partition coefficient (Wildman–Crippen LogP) is 0.829. The molecular formula is C9H13NO6. The molecule has 0 amide bonds. The van der Waals surface area contributed by atoms with Gasteiger partial charge >= 0.3 is 12.3 Å². The molecule has 0 aliphatic heterocycles. The summed E-state index contributed by atoms with van der Waals surface area (Å²) in [6.45, 7) is 0. The van der Waals surface area contributed by atoms with E-state index in [1.807, 2.05) is 0 Å². The average Bonchev–Trinajstić information content (AvgIpc) is 2.56. The van der Waals surface area contributed by atoms with Crippen LogP contribution in [0.15, 0.2) is 0 Å². The zero-order chi connectivity index (χ0) is 11.9. The molecular weight excluding hydrogens is 218 g/mol. The first-order valence-electron chi connectivity index (χ1n) is 5.01. The van der Waals surface area contributed by atoms with Gasteiger partial charge in [0, 0.05) is 6.42 Å². The normalized spacial score (nSPS) is 40.7. The topological polar surface area (TPSA) is 119 Å². The zero-order valence-corrected chi connectivity index (χ0v) is 8.46. The van der Waals surface area contributed by atoms with Gasteiger partial charge in [-0.2, -0.15) is 0 Å². The third kappa shape index (κ3) is 1.78. The number of carbonyl (C=O) groups is 2. The van der Waals surface area contributed by atoms with Crippen molar-refractivity contribution in [3.05, 3.63) is 0 Å². The van der Waals surface area contributed by atoms with E-state index in [-0.39, 0.29) is 11.8 Å². The minimum atomic E-state index is -1.44. The zero-order valence-electron chi connectivity index (χ0n) is 8.46. The molecule has 4 unspecified atom stereocenters. The van der Waals surface area contributed by atoms with Crippen LogP contribution in [0, 0.1) is 11.8 Å². The molecule has 0 aromatic rings. The van der Waals surface area contributed by atoms with E-state index in [1.165, 1.54) is 0 Å². The van der Waals surface area contributed by atoms with E-state index in [4.69, 9.17) is 15.9 Å². The minimum Gasteiger partial charge on any atom is -0.450 e. The second kappa shape index (κ2) is 3.51. The molecule has 2 aliphatic carbocycles. The Hall–Kier alpha value is -1.50. The Morgan fingerprint density at radius 1 is 1.25 bits per heavy atom. The Labute approximate surface area is 91.1 Å². The summed E-state index contributed by atoms with van der Waals surface area (Å²) in [7, 11) is 0. The van der Waals surface area contributed by atoms with Gasteiger partial charge in [-0.15, -0.1) is 0 Å². The number of ether oxygens (including phenoxy) is 2. The largest absolute Gasteiger partial charge is 0.507 e. The highest BCUT2D eigenvalue weighted by atomic mass is 16.7. The summed E-state index contributed by atoms with van der Waals surface area (Å²) in [5, 5.41) is 17.1. The number of carboxylic acid groups (broad SMARTS) is 2. The van der Waals surface area contributed by atoms with Gasteiger partial charge in [0.15, 0.2) is 5.72 Å². The third-order valence-corrected chi connectivity index (χ3v) is 3.37. The highest BCUT2D eigenvalue weighted by molar-refractivity contribution is 5.58. The molecule has 0 aromatic carbocycles. The van der Waals surface area contributed by atoms with Gasteiger partial charge in [-0.3, -0.25) is 5.73 Å². The molecule has 0 radical (unpaired) electrons. The van der Waals surface area contributed by atoms with Crippen molar-refractivity contribution in [1.29, 1.82) is 0 Å². The van der Waals surface area contributed by atoms with Gasteiger partial charge in [-0.1, -0.05) is 0 Å². The first-order chi connectivity index (χ1) is 7.40. The Kier molecular flexibility index (Phi) is 2.42. The van der Waals surface area contributed by atoms with Crippen molar-refractivity contribution in [3.63, 3.8) is 0 Å². The van der Waals surface area contributed by atoms with Crippen LogP contribution in [0.25, 0.3) is 0 Å². The predicted molar refractivity (Wildman–Crippen MR) is 49.8 cm³/mol. The highest BCUT2D eigenvalue weighted by Gasteiger charge is 2.58. The summed E-state index contributed by atoms with van der Waals surface area (Å²) >= 11 is 0. The molecule has 0 aromatic heterocycles. The van der Waals surface area contributed by atoms with E-state index in [0.717, 1.165) is 0 Å². The Bertz CT molecular complexity index is 332. The number of fused-ring (bicyclic) bond motifs is 2. The van der Waals surface area contributed by atoms with Gasteiger partial charge < -0.3 is 19.7 Å². The first-order valence-corrected chi connectivity index (χ1v) is 5.01. The molecule has 16 heavy (non-hydrogen) atoms. The molecule has 2 bridgehead atoms. The van der Waals surface area contributed by atoms with Gasteiger partial charge in [-0.25, -0.2) is 9.59 Å². The molecule has 90 valence electrons. The van der Waals surface area contributed by atoms with Gasteiger partial charge in [0.1, 0.15) is 6.10 Å². The standard InChI is InChI=1S/C9H13NO6/c10-9(16-8(13)14)3-4-1-5(9)6(2-4)15-7(11)12/h4-6H,1-3,10H2,(H,11,12)(H,13,14). The van der Waals surface area contributed by atoms with Crippen molar-refractivity contribution in [2.75, 3.05) is 0 Å². The van der Waals surface area contributed by atoms with E-state index in [0.29, 0.717) is 19.3 Å². The maximum Gasteiger partial charge on any atom is 0.507 e. The lowest BCUT2D eigenvalue weighted by Crippen LogP contribution is -2.53. The van der Waals surface area contributed by atoms with Gasteiger partial charge in [-0.05, 0) is 18.8 Å². The van der Waals surface area contributed by atoms with Crippen LogP contribution in [0.4, 0.5) is 9.59 Å². The van der Waals surface area contributed by atoms with Crippen molar-refractivity contribution in [1.82, 2.24) is 0 Å². The molecule has 2 aliphatic rings. The van der Waals surface area contributed by atoms with Crippen molar-refractivity contribution < 1.29 is 29.3 Å². The Morgan fingerprint density at radius 2 is 1.94 bits per heavy atom. The minimum absolute atomic E-state index is 0.179. The first kappa shape index (κ1) is 11.0. The van der Waals surface area contributed by atoms with Crippen LogP contribution in [0.5, 0.6) is 0 Å². The van der Waals surface area contributed by atoms with Crippen LogP contribution in [-0.2, 0) is 9.47 Å². The van der Waals surface area contributed by atoms with E-state index in [1.54, 1.807) is 0 Å². The van der Waals surface area contributed by atoms with Crippen molar-refractivity contribution in [2.24, 2.45) is 17.6 Å². The SMILES string of the molecule is NC1(OC(=O)O)CC2CC(OC(=O)O)C1C2. The number of rotatable bonds is 2. The lowest BCUT2D eigenvalue weighted by molar-refractivity contribution is -0.0916. The van der Waals surface area contributed by atoms with Gasteiger partial charge in [0.05, 0.1) is 5.92 Å². The summed E-state index contributed by atoms with van der Waals surface area (Å²) in [6, 6.07) is 0. The molecule has 4 atom stereocenters. The van der Waals surface area contributed by atoms with Crippen molar-refractivity contribution in [3.8, 4) is 0 Å². The molecule has 7 nitrogen and oxygen atoms in total. The molecule has 4 N–H and O–H groups in total. The monoisotopic (exact) mass is 231 g/mol. The lowest BCUT2D eigenvalue weighted by atomic mass is 9.89. The fourth-order valence-electron chi connectivity index (χ4n) is 2.92. The summed E-state index contributed by atoms with van der Waals surface area (Å²) in [4.78, 5) is 21.0. The molecule has 2 saturated carbocycles. The van der Waals surface area contributed by atoms with E-state index < -0.39 is 24.1 Å². The van der Waals surface area contributed by atoms with Crippen molar-refractivity contribution in [2.45, 2.75) is 31.1 Å². The Balaban J connectivity index is 2.08. The number of nitrogens with two attached hydrogens (primary N) is 1. The maximum atomic E-state index is 10.5. The highest BCUT2D eigenvalue weighted by Crippen LogP contribution is 2.51. The average molecular weight is 231 g/mol. The van der Waals surface area contributed by atoms with E-state index in [2.05, 4.69) is 9.47 Å². The van der Waals surface area contributed by atoms with Crippen LogP contribution in [-0.4, -0.2) is 34.4 Å². The molecule has 0 saturated heterocycles. The number of hydrogen-bond donors (Lipinski definition) is 3. The molecule has 7 heteroatoms. The fourth-order valence-corrected chi connectivity index (χ4v) is 2.92. The maximum absolute atomic E-state index is 10.5. The quantitative estimate of drug-likeness (QED) is 0.475. The summed E-state index contributed by atoms with van der Waals surface area (Å²) in [6.07, 6.45) is -1.68. The van der Waals surface area contributed by atoms with Crippen LogP contribution < -0.4 is 5.73 Å². The smallest absolute Gasteiger partial charge is 0.450 e. The second-order valence-electron chi connectivity index (χ2n) is 4.39. The molecule has 2 rings (SSSR count). The lowest BCUT2D eigenvalue weighted by Gasteiger charge is -2.35. The van der Waals surface area contributed by atoms with Crippen LogP contribution >= 0.6 is 0 Å². The Morgan fingerprint density at radius 3 is 2.44 bits per heavy atom. The molecule has 0 spiro atoms. The third-order valence-electron chi connectivity index (χ3n) is 3.37. The van der Waals surface area contributed by atoms with Gasteiger partial charge in [0.2, 0.25) is 0 Å². The van der Waals surface area contributed by atoms with Crippen LogP contribution in [0.2, 0.25) is 0 Å². The summed E-state index contributed by atoms with van der Waals surface area (Å²) in [5.74, 6) is -0.191. The fraction of sp³-hybridized carbons (Fsp3) is 0.778. The molecule has 0 heterocycles.